The van der Waals surface area contributed by atoms with Crippen molar-refractivity contribution in [1.82, 2.24) is 25.1 Å². The van der Waals surface area contributed by atoms with Gasteiger partial charge in [-0.25, -0.2) is 0 Å². The highest BCUT2D eigenvalue weighted by Crippen LogP contribution is 2.31. The third-order valence-corrected chi connectivity index (χ3v) is 8.78. The van der Waals surface area contributed by atoms with Crippen LogP contribution in [0.15, 0.2) is 48.8 Å². The fraction of sp³-hybridized carbons (Fsp3) is 0.484. The lowest BCUT2D eigenvalue weighted by Gasteiger charge is -2.45. The largest absolute Gasteiger partial charge is 0.368 e. The molecule has 0 saturated carbocycles. The topological polar surface area (TPSA) is 91.6 Å². The van der Waals surface area contributed by atoms with E-state index in [0.717, 1.165) is 93.2 Å². The highest BCUT2D eigenvalue weighted by atomic mass is 16.2. The number of nitrogens with one attached hydrogen (secondary N) is 1. The second kappa shape index (κ2) is 11.4. The van der Waals surface area contributed by atoms with Gasteiger partial charge in [0.2, 0.25) is 5.91 Å². The molecule has 0 radical (unpaired) electrons. The number of aromatic nitrogens is 2. The molecule has 9 heteroatoms. The van der Waals surface area contributed by atoms with Crippen molar-refractivity contribution < 1.29 is 4.79 Å². The summed E-state index contributed by atoms with van der Waals surface area (Å²) < 4.78 is 0. The first kappa shape index (κ1) is 26.5. The van der Waals surface area contributed by atoms with Crippen molar-refractivity contribution in [1.29, 1.82) is 5.26 Å². The number of nitrogens with zero attached hydrogens (tertiary/aromatic N) is 7. The van der Waals surface area contributed by atoms with Crippen LogP contribution in [0.1, 0.15) is 37.9 Å². The molecule has 2 aromatic heterocycles. The Hall–Kier alpha value is -3.74. The van der Waals surface area contributed by atoms with Crippen LogP contribution >= 0.6 is 0 Å². The second-order valence-corrected chi connectivity index (χ2v) is 11.4. The number of benzene rings is 1. The molecule has 1 amide bonds. The van der Waals surface area contributed by atoms with E-state index in [0.29, 0.717) is 17.6 Å². The molecule has 1 unspecified atom stereocenters. The fourth-order valence-electron chi connectivity index (χ4n) is 6.57. The third kappa shape index (κ3) is 5.21. The van der Waals surface area contributed by atoms with E-state index in [1.165, 1.54) is 0 Å². The number of pyridine rings is 2. The van der Waals surface area contributed by atoms with E-state index in [4.69, 9.17) is 4.98 Å². The Labute approximate surface area is 236 Å². The van der Waals surface area contributed by atoms with E-state index < -0.39 is 0 Å². The lowest BCUT2D eigenvalue weighted by atomic mass is 10.0. The summed E-state index contributed by atoms with van der Waals surface area (Å²) in [5.74, 6) is 0.262. The molecule has 3 aliphatic heterocycles. The zero-order valence-electron chi connectivity index (χ0n) is 23.5. The maximum Gasteiger partial charge on any atom is 0.239 e. The van der Waals surface area contributed by atoms with Gasteiger partial charge in [-0.1, -0.05) is 0 Å². The molecule has 3 aromatic rings. The number of fused-ring (bicyclic) bond motifs is 1. The number of carbonyl (C=O) groups excluding carboxylic acids is 1. The van der Waals surface area contributed by atoms with E-state index in [1.54, 1.807) is 6.20 Å². The molecule has 1 aromatic carbocycles. The predicted octanol–water partition coefficient (Wildman–Crippen LogP) is 3.00. The highest BCUT2D eigenvalue weighted by molar-refractivity contribution is 5.95. The molecular formula is C31H38N8O. The normalized spacial score (nSPS) is 23.9. The van der Waals surface area contributed by atoms with Crippen LogP contribution in [0.4, 0.5) is 11.4 Å². The highest BCUT2D eigenvalue weighted by Gasteiger charge is 2.31. The molecule has 0 spiro atoms. The Balaban J connectivity index is 1.07. The molecule has 6 rings (SSSR count). The summed E-state index contributed by atoms with van der Waals surface area (Å²) in [5.41, 5.74) is 4.73. The van der Waals surface area contributed by atoms with Crippen molar-refractivity contribution >= 4 is 28.2 Å². The van der Waals surface area contributed by atoms with Crippen LogP contribution in [0.2, 0.25) is 0 Å². The van der Waals surface area contributed by atoms with Gasteiger partial charge < -0.3 is 20.0 Å². The number of piperazine rings is 2. The first-order valence-corrected chi connectivity index (χ1v) is 14.5. The van der Waals surface area contributed by atoms with Crippen molar-refractivity contribution in [3.8, 4) is 6.07 Å². The molecule has 3 saturated heterocycles. The molecule has 5 heterocycles. The van der Waals surface area contributed by atoms with Gasteiger partial charge in [0.15, 0.2) is 0 Å². The number of hydrogen-bond donors (Lipinski definition) is 1. The zero-order valence-corrected chi connectivity index (χ0v) is 23.5. The van der Waals surface area contributed by atoms with Gasteiger partial charge in [0.05, 0.1) is 34.7 Å². The van der Waals surface area contributed by atoms with Gasteiger partial charge in [-0.05, 0) is 69.6 Å². The summed E-state index contributed by atoms with van der Waals surface area (Å²) in [6.45, 7) is 11.3. The Kier molecular flexibility index (Phi) is 7.55. The summed E-state index contributed by atoms with van der Waals surface area (Å²) in [7, 11) is 0. The van der Waals surface area contributed by atoms with E-state index in [9.17, 15) is 10.1 Å². The predicted molar refractivity (Wildman–Crippen MR) is 157 cm³/mol. The number of amides is 1. The quantitative estimate of drug-likeness (QED) is 0.530. The van der Waals surface area contributed by atoms with E-state index in [-0.39, 0.29) is 11.9 Å². The molecule has 3 fully saturated rings. The Bertz CT molecular complexity index is 1380. The average molecular weight is 539 g/mol. The van der Waals surface area contributed by atoms with Gasteiger partial charge in [-0.2, -0.15) is 5.26 Å². The molecule has 40 heavy (non-hydrogen) atoms. The third-order valence-electron chi connectivity index (χ3n) is 8.78. The summed E-state index contributed by atoms with van der Waals surface area (Å²) in [4.78, 5) is 31.4. The summed E-state index contributed by atoms with van der Waals surface area (Å²) in [5, 5.41) is 13.9. The number of carbonyl (C=O) groups is 1. The van der Waals surface area contributed by atoms with Crippen molar-refractivity contribution in [2.75, 3.05) is 55.6 Å². The van der Waals surface area contributed by atoms with E-state index in [2.05, 4.69) is 69.2 Å². The van der Waals surface area contributed by atoms with Crippen LogP contribution in [0.3, 0.4) is 0 Å². The van der Waals surface area contributed by atoms with Gasteiger partial charge >= 0.3 is 0 Å². The first-order valence-electron chi connectivity index (χ1n) is 14.5. The smallest absolute Gasteiger partial charge is 0.239 e. The first-order chi connectivity index (χ1) is 19.5. The van der Waals surface area contributed by atoms with Crippen molar-refractivity contribution in [3.05, 3.63) is 60.0 Å². The molecule has 9 nitrogen and oxygen atoms in total. The summed E-state index contributed by atoms with van der Waals surface area (Å²) >= 11 is 0. The standard InChI is InChI=1S/C31H38N8O/c1-22-19-38(29-10-7-24(17-32)30-27(29)5-3-12-34-30)20-23(2)39(22)21-25-8-9-26(18-35-25)36-13-15-37(16-14-36)31(40)28-6-4-11-33-28/h3,5,7-10,12,18,22-23,28,33H,4,6,11,13-16,19-21H2,1-2H3/t22-,23+,28?. The fourth-order valence-corrected chi connectivity index (χ4v) is 6.57. The van der Waals surface area contributed by atoms with Crippen LogP contribution in [-0.4, -0.2) is 89.6 Å². The van der Waals surface area contributed by atoms with Crippen LogP contribution in [0.5, 0.6) is 0 Å². The van der Waals surface area contributed by atoms with Gasteiger partial charge in [0.25, 0.3) is 0 Å². The number of hydrogen-bond acceptors (Lipinski definition) is 8. The minimum atomic E-state index is 0.0135. The molecule has 3 atom stereocenters. The Morgan fingerprint density at radius 2 is 1.82 bits per heavy atom. The minimum Gasteiger partial charge on any atom is -0.368 e. The number of anilines is 2. The van der Waals surface area contributed by atoms with Crippen molar-refractivity contribution in [2.24, 2.45) is 0 Å². The van der Waals surface area contributed by atoms with Crippen molar-refractivity contribution in [2.45, 2.75) is 51.4 Å². The van der Waals surface area contributed by atoms with Crippen molar-refractivity contribution in [3.63, 3.8) is 0 Å². The molecule has 208 valence electrons. The zero-order chi connectivity index (χ0) is 27.6. The summed E-state index contributed by atoms with van der Waals surface area (Å²) in [6.07, 6.45) is 5.80. The molecule has 0 aliphatic carbocycles. The van der Waals surface area contributed by atoms with Gasteiger partial charge in [-0.15, -0.1) is 0 Å². The number of nitriles is 1. The molecular weight excluding hydrogens is 500 g/mol. The summed E-state index contributed by atoms with van der Waals surface area (Å²) in [6, 6.07) is 15.3. The van der Waals surface area contributed by atoms with Crippen LogP contribution in [0.25, 0.3) is 10.9 Å². The maximum absolute atomic E-state index is 12.7. The molecule has 1 N–H and O–H groups in total. The molecule has 0 bridgehead atoms. The Morgan fingerprint density at radius 1 is 1.02 bits per heavy atom. The molecule has 3 aliphatic rings. The van der Waals surface area contributed by atoms with Crippen LogP contribution in [-0.2, 0) is 11.3 Å². The van der Waals surface area contributed by atoms with Gasteiger partial charge in [0.1, 0.15) is 6.07 Å². The average Bonchev–Trinajstić information content (AvgIpc) is 3.54. The van der Waals surface area contributed by atoms with Crippen LogP contribution in [0, 0.1) is 11.3 Å². The monoisotopic (exact) mass is 538 g/mol. The second-order valence-electron chi connectivity index (χ2n) is 11.4. The maximum atomic E-state index is 12.7. The lowest BCUT2D eigenvalue weighted by Crippen LogP contribution is -2.56. The lowest BCUT2D eigenvalue weighted by molar-refractivity contribution is -0.133. The van der Waals surface area contributed by atoms with Crippen LogP contribution < -0.4 is 15.1 Å². The van der Waals surface area contributed by atoms with E-state index >= 15 is 0 Å². The van der Waals surface area contributed by atoms with Gasteiger partial charge in [0, 0.05) is 75.2 Å². The van der Waals surface area contributed by atoms with E-state index in [1.807, 2.05) is 23.2 Å². The number of rotatable bonds is 5. The van der Waals surface area contributed by atoms with Gasteiger partial charge in [-0.3, -0.25) is 19.7 Å². The minimum absolute atomic E-state index is 0.0135. The SMILES string of the molecule is C[C@@H]1CN(c2ccc(C#N)c3ncccc23)C[C@H](C)N1Cc1ccc(N2CCN(C(=O)C3CCCN3)CC2)cn1. The Morgan fingerprint density at radius 3 is 2.50 bits per heavy atom.